The molecule has 0 aliphatic carbocycles. The Morgan fingerprint density at radius 1 is 1.20 bits per heavy atom. The number of nitrogens with zero attached hydrogens (tertiary/aromatic N) is 1. The first kappa shape index (κ1) is 16.3. The third-order valence-corrected chi connectivity index (χ3v) is 4.75. The lowest BCUT2D eigenvalue weighted by Crippen LogP contribution is -2.57. The van der Waals surface area contributed by atoms with Crippen molar-refractivity contribution in [1.29, 1.82) is 0 Å². The molecule has 20 heavy (non-hydrogen) atoms. The summed E-state index contributed by atoms with van der Waals surface area (Å²) in [7, 11) is 0. The molecule has 0 aromatic heterocycles. The van der Waals surface area contributed by atoms with E-state index >= 15 is 0 Å². The van der Waals surface area contributed by atoms with E-state index in [1.807, 2.05) is 0 Å². The Balaban J connectivity index is 1.76. The van der Waals surface area contributed by atoms with Crippen molar-refractivity contribution in [1.82, 2.24) is 10.2 Å². The highest BCUT2D eigenvalue weighted by Crippen LogP contribution is 2.33. The maximum absolute atomic E-state index is 5.80. The van der Waals surface area contributed by atoms with Crippen molar-refractivity contribution >= 4 is 0 Å². The molecular formula is C17H34N2O. The molecule has 2 heterocycles. The summed E-state index contributed by atoms with van der Waals surface area (Å²) in [5, 5.41) is 3.74. The molecule has 2 rings (SSSR count). The third kappa shape index (κ3) is 4.71. The molecule has 118 valence electrons. The zero-order valence-electron chi connectivity index (χ0n) is 13.7. The number of hydrogen-bond donors (Lipinski definition) is 1. The quantitative estimate of drug-likeness (QED) is 0.693. The van der Waals surface area contributed by atoms with Crippen LogP contribution in [0.1, 0.15) is 59.3 Å². The summed E-state index contributed by atoms with van der Waals surface area (Å²) < 4.78 is 5.80. The van der Waals surface area contributed by atoms with Gasteiger partial charge in [0.1, 0.15) is 0 Å². The summed E-state index contributed by atoms with van der Waals surface area (Å²) in [5.41, 5.74) is 0. The minimum absolute atomic E-state index is 0.651. The van der Waals surface area contributed by atoms with Crippen LogP contribution in [0.25, 0.3) is 0 Å². The molecule has 2 atom stereocenters. The van der Waals surface area contributed by atoms with Gasteiger partial charge in [0, 0.05) is 31.3 Å². The molecule has 2 saturated heterocycles. The number of hydrogen-bond acceptors (Lipinski definition) is 3. The molecule has 2 bridgehead atoms. The SMILES string of the molecule is CCCNC1CC2CCCC(C1)N2CCOCC(C)C. The van der Waals surface area contributed by atoms with Gasteiger partial charge in [-0.15, -0.1) is 0 Å². The van der Waals surface area contributed by atoms with Crippen molar-refractivity contribution in [2.75, 3.05) is 26.3 Å². The molecule has 2 aliphatic heterocycles. The number of fused-ring (bicyclic) bond motifs is 2. The zero-order valence-corrected chi connectivity index (χ0v) is 13.7. The summed E-state index contributed by atoms with van der Waals surface area (Å²) in [5.74, 6) is 0.651. The fraction of sp³-hybridized carbons (Fsp3) is 1.00. The van der Waals surface area contributed by atoms with Crippen molar-refractivity contribution in [3.63, 3.8) is 0 Å². The lowest BCUT2D eigenvalue weighted by atomic mass is 9.81. The largest absolute Gasteiger partial charge is 0.380 e. The molecule has 0 radical (unpaired) electrons. The first-order valence-electron chi connectivity index (χ1n) is 8.77. The molecule has 1 N–H and O–H groups in total. The predicted octanol–water partition coefficient (Wildman–Crippen LogP) is 3.04. The van der Waals surface area contributed by atoms with Gasteiger partial charge in [0.2, 0.25) is 0 Å². The number of nitrogens with one attached hydrogen (secondary N) is 1. The van der Waals surface area contributed by atoms with Crippen LogP contribution in [0.4, 0.5) is 0 Å². The second kappa shape index (κ2) is 8.35. The minimum atomic E-state index is 0.651. The Labute approximate surface area is 125 Å². The minimum Gasteiger partial charge on any atom is -0.380 e. The normalized spacial score (nSPS) is 30.9. The maximum Gasteiger partial charge on any atom is 0.0593 e. The fourth-order valence-corrected chi connectivity index (χ4v) is 3.85. The highest BCUT2D eigenvalue weighted by Gasteiger charge is 2.37. The van der Waals surface area contributed by atoms with Crippen molar-refractivity contribution in [2.45, 2.75) is 77.4 Å². The van der Waals surface area contributed by atoms with Gasteiger partial charge >= 0.3 is 0 Å². The molecule has 2 aliphatic rings. The Bertz CT molecular complexity index is 256. The van der Waals surface area contributed by atoms with E-state index in [0.29, 0.717) is 5.92 Å². The fourth-order valence-electron chi connectivity index (χ4n) is 3.85. The standard InChI is InChI=1S/C17H34N2O/c1-4-8-18-15-11-16-6-5-7-17(12-15)19(16)9-10-20-13-14(2)3/h14-18H,4-13H2,1-3H3. The van der Waals surface area contributed by atoms with Crippen molar-refractivity contribution in [2.24, 2.45) is 5.92 Å². The topological polar surface area (TPSA) is 24.5 Å². The Hall–Kier alpha value is -0.120. The zero-order chi connectivity index (χ0) is 14.4. The van der Waals surface area contributed by atoms with Gasteiger partial charge in [-0.1, -0.05) is 27.2 Å². The van der Waals surface area contributed by atoms with E-state index < -0.39 is 0 Å². The number of rotatable bonds is 8. The summed E-state index contributed by atoms with van der Waals surface area (Å²) >= 11 is 0. The molecule has 3 heteroatoms. The molecular weight excluding hydrogens is 248 g/mol. The van der Waals surface area contributed by atoms with E-state index in [-0.39, 0.29) is 0 Å². The average Bonchev–Trinajstić information content (AvgIpc) is 2.40. The smallest absolute Gasteiger partial charge is 0.0593 e. The number of piperidine rings is 2. The summed E-state index contributed by atoms with van der Waals surface area (Å²) in [6.07, 6.45) is 8.16. The van der Waals surface area contributed by atoms with E-state index in [1.54, 1.807) is 0 Å². The van der Waals surface area contributed by atoms with Crippen LogP contribution in [0.2, 0.25) is 0 Å². The van der Waals surface area contributed by atoms with Gasteiger partial charge in [0.25, 0.3) is 0 Å². The van der Waals surface area contributed by atoms with E-state index in [1.165, 1.54) is 45.1 Å². The molecule has 0 aromatic carbocycles. The van der Waals surface area contributed by atoms with Gasteiger partial charge in [-0.2, -0.15) is 0 Å². The van der Waals surface area contributed by atoms with Gasteiger partial charge in [0.05, 0.1) is 6.61 Å². The van der Waals surface area contributed by atoms with Crippen LogP contribution in [0.5, 0.6) is 0 Å². The van der Waals surface area contributed by atoms with Crippen molar-refractivity contribution < 1.29 is 4.74 Å². The van der Waals surface area contributed by atoms with Crippen LogP contribution in [-0.4, -0.2) is 49.3 Å². The molecule has 0 amide bonds. The lowest BCUT2D eigenvalue weighted by Gasteiger charge is -2.49. The van der Waals surface area contributed by atoms with E-state index in [4.69, 9.17) is 4.74 Å². The third-order valence-electron chi connectivity index (χ3n) is 4.75. The number of ether oxygens (including phenoxy) is 1. The van der Waals surface area contributed by atoms with Crippen LogP contribution in [0.3, 0.4) is 0 Å². The van der Waals surface area contributed by atoms with E-state index in [2.05, 4.69) is 31.0 Å². The van der Waals surface area contributed by atoms with Gasteiger partial charge < -0.3 is 10.1 Å². The Morgan fingerprint density at radius 2 is 1.90 bits per heavy atom. The van der Waals surface area contributed by atoms with Crippen LogP contribution in [-0.2, 0) is 4.74 Å². The van der Waals surface area contributed by atoms with Crippen LogP contribution < -0.4 is 5.32 Å². The van der Waals surface area contributed by atoms with Crippen LogP contribution >= 0.6 is 0 Å². The Kier molecular flexibility index (Phi) is 6.79. The Morgan fingerprint density at radius 3 is 2.50 bits per heavy atom. The van der Waals surface area contributed by atoms with E-state index in [0.717, 1.165) is 37.9 Å². The van der Waals surface area contributed by atoms with Crippen LogP contribution in [0.15, 0.2) is 0 Å². The highest BCUT2D eigenvalue weighted by molar-refractivity contribution is 4.94. The highest BCUT2D eigenvalue weighted by atomic mass is 16.5. The van der Waals surface area contributed by atoms with Gasteiger partial charge in [-0.05, 0) is 44.6 Å². The maximum atomic E-state index is 5.80. The first-order valence-corrected chi connectivity index (χ1v) is 8.77. The molecule has 2 fully saturated rings. The molecule has 3 nitrogen and oxygen atoms in total. The molecule has 0 saturated carbocycles. The van der Waals surface area contributed by atoms with Gasteiger partial charge in [0.15, 0.2) is 0 Å². The second-order valence-corrected chi connectivity index (χ2v) is 7.07. The monoisotopic (exact) mass is 282 g/mol. The summed E-state index contributed by atoms with van der Waals surface area (Å²) in [6, 6.07) is 2.37. The predicted molar refractivity (Wildman–Crippen MR) is 85.1 cm³/mol. The average molecular weight is 282 g/mol. The van der Waals surface area contributed by atoms with Gasteiger partial charge in [-0.3, -0.25) is 4.90 Å². The molecule has 0 aromatic rings. The molecule has 2 unspecified atom stereocenters. The summed E-state index contributed by atoms with van der Waals surface area (Å²) in [4.78, 5) is 2.76. The van der Waals surface area contributed by atoms with Crippen LogP contribution in [0, 0.1) is 5.92 Å². The van der Waals surface area contributed by atoms with Crippen molar-refractivity contribution in [3.8, 4) is 0 Å². The lowest BCUT2D eigenvalue weighted by molar-refractivity contribution is -0.00381. The van der Waals surface area contributed by atoms with Gasteiger partial charge in [-0.25, -0.2) is 0 Å². The van der Waals surface area contributed by atoms with Crippen molar-refractivity contribution in [3.05, 3.63) is 0 Å². The second-order valence-electron chi connectivity index (χ2n) is 7.07. The summed E-state index contributed by atoms with van der Waals surface area (Å²) in [6.45, 7) is 10.8. The van der Waals surface area contributed by atoms with E-state index in [9.17, 15) is 0 Å². The first-order chi connectivity index (χ1) is 9.70. The molecule has 0 spiro atoms.